The first-order valence-electron chi connectivity index (χ1n) is 6.24. The number of benzene rings is 2. The summed E-state index contributed by atoms with van der Waals surface area (Å²) < 4.78 is 5.73. The third-order valence-electron chi connectivity index (χ3n) is 2.90. The molecule has 0 bridgehead atoms. The second kappa shape index (κ2) is 6.20. The fraction of sp³-hybridized carbons (Fsp3) is 0.188. The van der Waals surface area contributed by atoms with Gasteiger partial charge in [0.15, 0.2) is 0 Å². The number of aliphatic hydroxyl groups is 2. The van der Waals surface area contributed by atoms with Gasteiger partial charge in [-0.25, -0.2) is 0 Å². The van der Waals surface area contributed by atoms with Gasteiger partial charge in [-0.05, 0) is 36.8 Å². The number of aliphatic hydroxyl groups excluding tert-OH is 2. The third-order valence-corrected chi connectivity index (χ3v) is 2.90. The Morgan fingerprint density at radius 3 is 2.70 bits per heavy atom. The smallest absolute Gasteiger partial charge is 0.134 e. The number of rotatable bonds is 4. The van der Waals surface area contributed by atoms with Gasteiger partial charge < -0.3 is 14.9 Å². The Labute approximate surface area is 117 Å². The Morgan fingerprint density at radius 1 is 1.25 bits per heavy atom. The van der Waals surface area contributed by atoms with Crippen LogP contribution in [0.1, 0.15) is 29.7 Å². The summed E-state index contributed by atoms with van der Waals surface area (Å²) >= 11 is 0. The van der Waals surface area contributed by atoms with Gasteiger partial charge in [0.25, 0.3) is 0 Å². The summed E-state index contributed by atoms with van der Waals surface area (Å²) in [6.45, 7) is 1.57. The normalized spacial score (nSPS) is 11.7. The number of nitrogens with zero attached hydrogens (tertiary/aromatic N) is 1. The van der Waals surface area contributed by atoms with Crippen LogP contribution in [0.4, 0.5) is 0 Å². The lowest BCUT2D eigenvalue weighted by atomic mass is 10.1. The molecule has 0 aliphatic rings. The van der Waals surface area contributed by atoms with Crippen molar-refractivity contribution < 1.29 is 14.9 Å². The first kappa shape index (κ1) is 14.1. The summed E-state index contributed by atoms with van der Waals surface area (Å²) in [7, 11) is 0. The van der Waals surface area contributed by atoms with E-state index in [1.165, 1.54) is 0 Å². The van der Waals surface area contributed by atoms with Crippen LogP contribution in [0.25, 0.3) is 0 Å². The van der Waals surface area contributed by atoms with Crippen LogP contribution in [0.5, 0.6) is 11.5 Å². The first-order chi connectivity index (χ1) is 9.63. The van der Waals surface area contributed by atoms with Crippen LogP contribution >= 0.6 is 0 Å². The lowest BCUT2D eigenvalue weighted by Crippen LogP contribution is -1.97. The molecule has 2 N–H and O–H groups in total. The van der Waals surface area contributed by atoms with Gasteiger partial charge >= 0.3 is 0 Å². The van der Waals surface area contributed by atoms with Gasteiger partial charge in [0.2, 0.25) is 0 Å². The van der Waals surface area contributed by atoms with Crippen molar-refractivity contribution in [1.29, 1.82) is 5.26 Å². The third kappa shape index (κ3) is 3.15. The topological polar surface area (TPSA) is 73.5 Å². The summed E-state index contributed by atoms with van der Waals surface area (Å²) in [5.74, 6) is 0.989. The molecule has 0 spiro atoms. The standard InChI is InChI=1S/C16H15NO3/c1-11(19)15-6-5-12(9-17)8-16(15)20-14-4-2-3-13(7-14)10-18/h2-8,11,18-19H,10H2,1H3/t11-/m1/s1. The van der Waals surface area contributed by atoms with Crippen LogP contribution in [0, 0.1) is 11.3 Å². The Kier molecular flexibility index (Phi) is 4.36. The van der Waals surface area contributed by atoms with Crippen LogP contribution in [-0.2, 0) is 6.61 Å². The largest absolute Gasteiger partial charge is 0.457 e. The monoisotopic (exact) mass is 269 g/mol. The molecule has 0 saturated carbocycles. The number of nitriles is 1. The molecule has 20 heavy (non-hydrogen) atoms. The zero-order valence-corrected chi connectivity index (χ0v) is 11.1. The Bertz CT molecular complexity index is 644. The maximum atomic E-state index is 9.74. The molecule has 0 unspecified atom stereocenters. The van der Waals surface area contributed by atoms with Gasteiger partial charge in [-0.2, -0.15) is 5.26 Å². The van der Waals surface area contributed by atoms with Gasteiger partial charge in [-0.1, -0.05) is 18.2 Å². The predicted octanol–water partition coefficient (Wildman–Crippen LogP) is 2.90. The SMILES string of the molecule is C[C@@H](O)c1ccc(C#N)cc1Oc1cccc(CO)c1. The summed E-state index contributed by atoms with van der Waals surface area (Å²) in [6.07, 6.45) is -0.696. The van der Waals surface area contributed by atoms with Gasteiger partial charge in [0.05, 0.1) is 24.3 Å². The molecule has 0 fully saturated rings. The Balaban J connectivity index is 2.38. The van der Waals surface area contributed by atoms with Crippen molar-refractivity contribution in [3.05, 3.63) is 59.2 Å². The molecule has 0 aliphatic heterocycles. The zero-order chi connectivity index (χ0) is 14.5. The van der Waals surface area contributed by atoms with E-state index < -0.39 is 6.10 Å². The second-order valence-electron chi connectivity index (χ2n) is 4.45. The van der Waals surface area contributed by atoms with Crippen LogP contribution in [-0.4, -0.2) is 10.2 Å². The average Bonchev–Trinajstić information content (AvgIpc) is 2.47. The minimum Gasteiger partial charge on any atom is -0.457 e. The molecule has 102 valence electrons. The summed E-state index contributed by atoms with van der Waals surface area (Å²) in [5, 5.41) is 27.8. The molecule has 2 rings (SSSR count). The van der Waals surface area contributed by atoms with Gasteiger partial charge in [-0.3, -0.25) is 0 Å². The molecule has 2 aromatic rings. The molecule has 2 aromatic carbocycles. The molecule has 0 heterocycles. The zero-order valence-electron chi connectivity index (χ0n) is 11.1. The minimum absolute atomic E-state index is 0.0707. The molecule has 4 heteroatoms. The van der Waals surface area contributed by atoms with E-state index in [0.717, 1.165) is 5.56 Å². The van der Waals surface area contributed by atoms with E-state index >= 15 is 0 Å². The number of hydrogen-bond acceptors (Lipinski definition) is 4. The fourth-order valence-electron chi connectivity index (χ4n) is 1.87. The van der Waals surface area contributed by atoms with E-state index in [1.807, 2.05) is 6.07 Å². The van der Waals surface area contributed by atoms with Crippen molar-refractivity contribution in [3.8, 4) is 17.6 Å². The fourth-order valence-corrected chi connectivity index (χ4v) is 1.87. The highest BCUT2D eigenvalue weighted by atomic mass is 16.5. The summed E-state index contributed by atoms with van der Waals surface area (Å²) in [5.41, 5.74) is 1.80. The molecule has 0 radical (unpaired) electrons. The van der Waals surface area contributed by atoms with Crippen LogP contribution in [0.2, 0.25) is 0 Å². The maximum Gasteiger partial charge on any atom is 0.134 e. The molecule has 0 amide bonds. The van der Waals surface area contributed by atoms with E-state index in [4.69, 9.17) is 15.1 Å². The molecule has 0 saturated heterocycles. The molecule has 4 nitrogen and oxygen atoms in total. The molecular formula is C16H15NO3. The number of ether oxygens (including phenoxy) is 1. The average molecular weight is 269 g/mol. The highest BCUT2D eigenvalue weighted by Crippen LogP contribution is 2.31. The van der Waals surface area contributed by atoms with Crippen LogP contribution < -0.4 is 4.74 Å². The van der Waals surface area contributed by atoms with E-state index in [-0.39, 0.29) is 6.61 Å². The van der Waals surface area contributed by atoms with Crippen molar-refractivity contribution in [2.45, 2.75) is 19.6 Å². The van der Waals surface area contributed by atoms with Crippen LogP contribution in [0.3, 0.4) is 0 Å². The quantitative estimate of drug-likeness (QED) is 0.895. The van der Waals surface area contributed by atoms with Gasteiger partial charge in [0.1, 0.15) is 11.5 Å². The van der Waals surface area contributed by atoms with Crippen molar-refractivity contribution >= 4 is 0 Å². The first-order valence-corrected chi connectivity index (χ1v) is 6.24. The van der Waals surface area contributed by atoms with Crippen molar-refractivity contribution in [3.63, 3.8) is 0 Å². The summed E-state index contributed by atoms with van der Waals surface area (Å²) in [4.78, 5) is 0. The van der Waals surface area contributed by atoms with Crippen molar-refractivity contribution in [1.82, 2.24) is 0 Å². The van der Waals surface area contributed by atoms with Crippen molar-refractivity contribution in [2.24, 2.45) is 0 Å². The van der Waals surface area contributed by atoms with E-state index in [9.17, 15) is 5.11 Å². The van der Waals surface area contributed by atoms with E-state index in [2.05, 4.69) is 0 Å². The Morgan fingerprint density at radius 2 is 2.05 bits per heavy atom. The molecule has 1 atom stereocenters. The van der Waals surface area contributed by atoms with Gasteiger partial charge in [-0.15, -0.1) is 0 Å². The number of hydrogen-bond donors (Lipinski definition) is 2. The van der Waals surface area contributed by atoms with Crippen LogP contribution in [0.15, 0.2) is 42.5 Å². The predicted molar refractivity (Wildman–Crippen MR) is 74.2 cm³/mol. The Hall–Kier alpha value is -2.35. The minimum atomic E-state index is -0.696. The highest BCUT2D eigenvalue weighted by molar-refractivity contribution is 5.45. The highest BCUT2D eigenvalue weighted by Gasteiger charge is 2.11. The van der Waals surface area contributed by atoms with E-state index in [0.29, 0.717) is 22.6 Å². The van der Waals surface area contributed by atoms with Crippen molar-refractivity contribution in [2.75, 3.05) is 0 Å². The van der Waals surface area contributed by atoms with Gasteiger partial charge in [0, 0.05) is 5.56 Å². The molecule has 0 aliphatic carbocycles. The molecular weight excluding hydrogens is 254 g/mol. The lowest BCUT2D eigenvalue weighted by molar-refractivity contribution is 0.195. The second-order valence-corrected chi connectivity index (χ2v) is 4.45. The molecule has 0 aromatic heterocycles. The summed E-state index contributed by atoms with van der Waals surface area (Å²) in [6, 6.07) is 14.0. The lowest BCUT2D eigenvalue weighted by Gasteiger charge is -2.14. The van der Waals surface area contributed by atoms with E-state index in [1.54, 1.807) is 49.4 Å². The maximum absolute atomic E-state index is 9.74.